The summed E-state index contributed by atoms with van der Waals surface area (Å²) in [6.45, 7) is 1.84. The predicted molar refractivity (Wildman–Crippen MR) is 33.8 cm³/mol. The Kier molecular flexibility index (Phi) is 2.05. The summed E-state index contributed by atoms with van der Waals surface area (Å²) in [4.78, 5) is 12.6. The van der Waals surface area contributed by atoms with Crippen LogP contribution >= 0.6 is 0 Å². The minimum atomic E-state index is 0.224. The standard InChI is InChI=1S/C6H11N2O/c7-3-5-8-4-1-2-6(8)9/h7H,1-5H2. The van der Waals surface area contributed by atoms with Gasteiger partial charge in [-0.05, 0) is 6.42 Å². The van der Waals surface area contributed by atoms with Gasteiger partial charge in [0.1, 0.15) is 0 Å². The highest BCUT2D eigenvalue weighted by Crippen LogP contribution is 2.07. The quantitative estimate of drug-likeness (QED) is 0.510. The number of hydrogen-bond acceptors (Lipinski definition) is 1. The Morgan fingerprint density at radius 1 is 1.67 bits per heavy atom. The van der Waals surface area contributed by atoms with E-state index >= 15 is 0 Å². The molecule has 1 heterocycles. The first-order chi connectivity index (χ1) is 4.34. The molecule has 0 atom stereocenters. The largest absolute Gasteiger partial charge is 0.341 e. The van der Waals surface area contributed by atoms with Gasteiger partial charge in [-0.3, -0.25) is 10.5 Å². The maximum absolute atomic E-state index is 10.8. The molecule has 51 valence electrons. The molecule has 0 aromatic carbocycles. The molecule has 1 aliphatic rings. The number of nitrogens with one attached hydrogen (secondary N) is 1. The average molecular weight is 127 g/mol. The third kappa shape index (κ3) is 1.42. The molecule has 1 saturated heterocycles. The van der Waals surface area contributed by atoms with E-state index in [-0.39, 0.29) is 5.91 Å². The minimum absolute atomic E-state index is 0.224. The van der Waals surface area contributed by atoms with Crippen LogP contribution in [0.2, 0.25) is 0 Å². The highest BCUT2D eigenvalue weighted by atomic mass is 16.2. The molecule has 9 heavy (non-hydrogen) atoms. The van der Waals surface area contributed by atoms with Gasteiger partial charge in [0.25, 0.3) is 0 Å². The van der Waals surface area contributed by atoms with E-state index in [0.29, 0.717) is 19.5 Å². The highest BCUT2D eigenvalue weighted by molar-refractivity contribution is 5.77. The van der Waals surface area contributed by atoms with E-state index in [0.717, 1.165) is 13.0 Å². The van der Waals surface area contributed by atoms with E-state index in [1.165, 1.54) is 0 Å². The van der Waals surface area contributed by atoms with Gasteiger partial charge in [-0.2, -0.15) is 0 Å². The lowest BCUT2D eigenvalue weighted by Gasteiger charge is -2.12. The van der Waals surface area contributed by atoms with Crippen LogP contribution in [0.3, 0.4) is 0 Å². The first-order valence-corrected chi connectivity index (χ1v) is 3.27. The average Bonchev–Trinajstić information content (AvgIpc) is 2.18. The van der Waals surface area contributed by atoms with Crippen molar-refractivity contribution in [1.29, 1.82) is 0 Å². The molecular weight excluding hydrogens is 116 g/mol. The zero-order valence-electron chi connectivity index (χ0n) is 5.39. The summed E-state index contributed by atoms with van der Waals surface area (Å²) in [5.74, 6) is 0.224. The number of likely N-dealkylation sites (tertiary alicyclic amines) is 1. The molecule has 0 bridgehead atoms. The maximum Gasteiger partial charge on any atom is 0.222 e. The molecule has 0 aromatic rings. The van der Waals surface area contributed by atoms with Gasteiger partial charge in [-0.15, -0.1) is 0 Å². The Balaban J connectivity index is 2.31. The molecular formula is C6H11N2O. The van der Waals surface area contributed by atoms with Crippen molar-refractivity contribution in [1.82, 2.24) is 10.6 Å². The molecule has 1 amide bonds. The van der Waals surface area contributed by atoms with Crippen molar-refractivity contribution in [2.24, 2.45) is 0 Å². The Hall–Kier alpha value is -0.570. The Morgan fingerprint density at radius 2 is 2.44 bits per heavy atom. The lowest BCUT2D eigenvalue weighted by atomic mass is 10.4. The van der Waals surface area contributed by atoms with Gasteiger partial charge in [-0.25, -0.2) is 0 Å². The third-order valence-electron chi connectivity index (χ3n) is 1.55. The third-order valence-corrected chi connectivity index (χ3v) is 1.55. The SMILES string of the molecule is [NH]CCN1CCCC1=O. The molecule has 3 nitrogen and oxygen atoms in total. The van der Waals surface area contributed by atoms with Crippen LogP contribution in [0.5, 0.6) is 0 Å². The zero-order chi connectivity index (χ0) is 6.69. The van der Waals surface area contributed by atoms with Crippen LogP contribution in [-0.4, -0.2) is 30.4 Å². The number of carbonyl (C=O) groups excluding carboxylic acids is 1. The van der Waals surface area contributed by atoms with Crippen LogP contribution in [0.15, 0.2) is 0 Å². The van der Waals surface area contributed by atoms with Crippen LogP contribution in [0.25, 0.3) is 0 Å². The van der Waals surface area contributed by atoms with Gasteiger partial charge in [0.15, 0.2) is 0 Å². The topological polar surface area (TPSA) is 44.1 Å². The van der Waals surface area contributed by atoms with Crippen molar-refractivity contribution in [3.05, 3.63) is 0 Å². The van der Waals surface area contributed by atoms with Crippen molar-refractivity contribution in [3.8, 4) is 0 Å². The second-order valence-electron chi connectivity index (χ2n) is 2.23. The molecule has 1 N–H and O–H groups in total. The first-order valence-electron chi connectivity index (χ1n) is 3.27. The molecule has 1 fully saturated rings. The van der Waals surface area contributed by atoms with Crippen LogP contribution in [-0.2, 0) is 4.79 Å². The second-order valence-corrected chi connectivity index (χ2v) is 2.23. The summed E-state index contributed by atoms with van der Waals surface area (Å²) in [5, 5.41) is 0. The smallest absolute Gasteiger partial charge is 0.222 e. The second kappa shape index (κ2) is 2.82. The fourth-order valence-electron chi connectivity index (χ4n) is 1.08. The van der Waals surface area contributed by atoms with Crippen LogP contribution < -0.4 is 5.73 Å². The normalized spacial score (nSPS) is 19.2. The number of amides is 1. The summed E-state index contributed by atoms with van der Waals surface area (Å²) in [6, 6.07) is 0. The lowest BCUT2D eigenvalue weighted by molar-refractivity contribution is -0.127. The highest BCUT2D eigenvalue weighted by Gasteiger charge is 2.18. The molecule has 1 aliphatic heterocycles. The van der Waals surface area contributed by atoms with Crippen molar-refractivity contribution >= 4 is 5.91 Å². The molecule has 1 radical (unpaired) electrons. The maximum atomic E-state index is 10.8. The fraction of sp³-hybridized carbons (Fsp3) is 0.833. The van der Waals surface area contributed by atoms with Crippen LogP contribution in [0.1, 0.15) is 12.8 Å². The molecule has 0 spiro atoms. The van der Waals surface area contributed by atoms with E-state index in [9.17, 15) is 4.79 Å². The minimum Gasteiger partial charge on any atom is -0.341 e. The first kappa shape index (κ1) is 6.55. The Labute approximate surface area is 54.8 Å². The van der Waals surface area contributed by atoms with Crippen molar-refractivity contribution in [2.45, 2.75) is 12.8 Å². The number of carbonyl (C=O) groups is 1. The number of hydrogen-bond donors (Lipinski definition) is 0. The van der Waals surface area contributed by atoms with Crippen molar-refractivity contribution < 1.29 is 4.79 Å². The van der Waals surface area contributed by atoms with Gasteiger partial charge >= 0.3 is 0 Å². The summed E-state index contributed by atoms with van der Waals surface area (Å²) in [5.41, 5.74) is 6.86. The molecule has 0 aliphatic carbocycles. The van der Waals surface area contributed by atoms with Crippen molar-refractivity contribution in [3.63, 3.8) is 0 Å². The van der Waals surface area contributed by atoms with Gasteiger partial charge in [0.2, 0.25) is 5.91 Å². The van der Waals surface area contributed by atoms with Crippen molar-refractivity contribution in [2.75, 3.05) is 19.6 Å². The monoisotopic (exact) mass is 127 g/mol. The number of nitrogens with zero attached hydrogens (tertiary/aromatic N) is 1. The predicted octanol–water partition coefficient (Wildman–Crippen LogP) is -0.108. The number of rotatable bonds is 2. The molecule has 3 heteroatoms. The van der Waals surface area contributed by atoms with E-state index in [1.807, 2.05) is 0 Å². The Bertz CT molecular complexity index is 114. The summed E-state index contributed by atoms with van der Waals surface area (Å²) in [6.07, 6.45) is 1.68. The molecule has 1 rings (SSSR count). The van der Waals surface area contributed by atoms with E-state index in [4.69, 9.17) is 5.73 Å². The summed E-state index contributed by atoms with van der Waals surface area (Å²) in [7, 11) is 0. The van der Waals surface area contributed by atoms with Gasteiger partial charge < -0.3 is 4.90 Å². The molecule has 0 saturated carbocycles. The Morgan fingerprint density at radius 3 is 2.89 bits per heavy atom. The molecule has 0 aromatic heterocycles. The van der Waals surface area contributed by atoms with E-state index in [1.54, 1.807) is 4.90 Å². The van der Waals surface area contributed by atoms with Gasteiger partial charge in [0, 0.05) is 26.1 Å². The summed E-state index contributed by atoms with van der Waals surface area (Å²) < 4.78 is 0. The molecule has 0 unspecified atom stereocenters. The van der Waals surface area contributed by atoms with Crippen LogP contribution in [0, 0.1) is 0 Å². The zero-order valence-corrected chi connectivity index (χ0v) is 5.39. The summed E-state index contributed by atoms with van der Waals surface area (Å²) >= 11 is 0. The van der Waals surface area contributed by atoms with Gasteiger partial charge in [-0.1, -0.05) is 0 Å². The van der Waals surface area contributed by atoms with E-state index in [2.05, 4.69) is 0 Å². The fourth-order valence-corrected chi connectivity index (χ4v) is 1.08. The van der Waals surface area contributed by atoms with Gasteiger partial charge in [0.05, 0.1) is 0 Å². The lowest BCUT2D eigenvalue weighted by Crippen LogP contribution is -2.27. The van der Waals surface area contributed by atoms with Crippen LogP contribution in [0.4, 0.5) is 0 Å². The van der Waals surface area contributed by atoms with E-state index < -0.39 is 0 Å².